The number of nitrogens with zero attached hydrogens (tertiary/aromatic N) is 1. The third-order valence-corrected chi connectivity index (χ3v) is 5.93. The molecule has 0 unspecified atom stereocenters. The second kappa shape index (κ2) is 8.97. The van der Waals surface area contributed by atoms with Gasteiger partial charge >= 0.3 is 0 Å². The van der Waals surface area contributed by atoms with Crippen molar-refractivity contribution in [1.29, 1.82) is 0 Å². The van der Waals surface area contributed by atoms with Crippen LogP contribution in [0.4, 0.5) is 0 Å². The molecular formula is C21H23NOS2. The molecule has 0 aliphatic rings. The molecule has 2 nitrogen and oxygen atoms in total. The van der Waals surface area contributed by atoms with E-state index in [2.05, 4.69) is 60.1 Å². The van der Waals surface area contributed by atoms with Gasteiger partial charge in [0.25, 0.3) is 0 Å². The van der Waals surface area contributed by atoms with Crippen LogP contribution in [0, 0.1) is 6.92 Å². The molecule has 0 atom stereocenters. The third-order valence-electron chi connectivity index (χ3n) is 4.22. The van der Waals surface area contributed by atoms with Gasteiger partial charge in [0.1, 0.15) is 0 Å². The summed E-state index contributed by atoms with van der Waals surface area (Å²) in [6, 6.07) is 16.8. The summed E-state index contributed by atoms with van der Waals surface area (Å²) in [5, 5.41) is 4.20. The van der Waals surface area contributed by atoms with E-state index in [1.165, 1.54) is 20.9 Å². The maximum atomic E-state index is 12.8. The van der Waals surface area contributed by atoms with Crippen molar-refractivity contribution in [1.82, 2.24) is 4.90 Å². The highest BCUT2D eigenvalue weighted by Crippen LogP contribution is 2.19. The highest BCUT2D eigenvalue weighted by atomic mass is 32.1. The van der Waals surface area contributed by atoms with Gasteiger partial charge in [0, 0.05) is 22.7 Å². The van der Waals surface area contributed by atoms with Gasteiger partial charge in [-0.05, 0) is 59.9 Å². The van der Waals surface area contributed by atoms with E-state index >= 15 is 0 Å². The molecule has 1 amide bonds. The number of amides is 1. The van der Waals surface area contributed by atoms with E-state index in [1.807, 2.05) is 11.0 Å². The minimum atomic E-state index is 0.244. The number of benzene rings is 1. The smallest absolute Gasteiger partial charge is 0.223 e. The zero-order valence-corrected chi connectivity index (χ0v) is 16.1. The average Bonchev–Trinajstić information content (AvgIpc) is 3.29. The van der Waals surface area contributed by atoms with Gasteiger partial charge < -0.3 is 4.90 Å². The van der Waals surface area contributed by atoms with Crippen LogP contribution in [-0.2, 0) is 24.2 Å². The lowest BCUT2D eigenvalue weighted by molar-refractivity contribution is -0.131. The molecule has 0 spiro atoms. The molecule has 2 heterocycles. The molecule has 0 saturated carbocycles. The molecule has 0 radical (unpaired) electrons. The number of carbonyl (C=O) groups excluding carboxylic acids is 1. The number of thiophene rings is 2. The Bertz CT molecular complexity index is 777. The Morgan fingerprint density at radius 3 is 2.52 bits per heavy atom. The first-order valence-corrected chi connectivity index (χ1v) is 10.3. The van der Waals surface area contributed by atoms with E-state index in [0.29, 0.717) is 13.0 Å². The van der Waals surface area contributed by atoms with Gasteiger partial charge in [-0.2, -0.15) is 11.3 Å². The van der Waals surface area contributed by atoms with Crippen molar-refractivity contribution in [3.63, 3.8) is 0 Å². The number of rotatable bonds is 8. The summed E-state index contributed by atoms with van der Waals surface area (Å²) in [5.74, 6) is 0.244. The highest BCUT2D eigenvalue weighted by Gasteiger charge is 2.15. The Labute approximate surface area is 157 Å². The second-order valence-electron chi connectivity index (χ2n) is 6.19. The van der Waals surface area contributed by atoms with Gasteiger partial charge in [-0.1, -0.05) is 30.3 Å². The molecule has 0 bridgehead atoms. The van der Waals surface area contributed by atoms with Crippen molar-refractivity contribution in [2.24, 2.45) is 0 Å². The third kappa shape index (κ3) is 5.55. The fourth-order valence-electron chi connectivity index (χ4n) is 2.80. The van der Waals surface area contributed by atoms with Gasteiger partial charge in [-0.15, -0.1) is 11.3 Å². The van der Waals surface area contributed by atoms with E-state index in [4.69, 9.17) is 0 Å². The molecule has 2 aromatic heterocycles. The summed E-state index contributed by atoms with van der Waals surface area (Å²) in [5.41, 5.74) is 2.54. The van der Waals surface area contributed by atoms with Gasteiger partial charge in [-0.3, -0.25) is 4.79 Å². The van der Waals surface area contributed by atoms with E-state index in [0.717, 1.165) is 19.4 Å². The summed E-state index contributed by atoms with van der Waals surface area (Å²) >= 11 is 3.47. The fraction of sp³-hybridized carbons (Fsp3) is 0.286. The quantitative estimate of drug-likeness (QED) is 0.526. The zero-order chi connectivity index (χ0) is 17.5. The summed E-state index contributed by atoms with van der Waals surface area (Å²) < 4.78 is 0. The first kappa shape index (κ1) is 17.9. The van der Waals surface area contributed by atoms with Gasteiger partial charge in [0.15, 0.2) is 0 Å². The molecular weight excluding hydrogens is 346 g/mol. The minimum absolute atomic E-state index is 0.244. The van der Waals surface area contributed by atoms with E-state index in [-0.39, 0.29) is 5.91 Å². The van der Waals surface area contributed by atoms with Gasteiger partial charge in [0.05, 0.1) is 6.54 Å². The number of hydrogen-bond donors (Lipinski definition) is 0. The Balaban J connectivity index is 1.63. The molecule has 1 aromatic carbocycles. The van der Waals surface area contributed by atoms with E-state index < -0.39 is 0 Å². The number of carbonyl (C=O) groups is 1. The lowest BCUT2D eigenvalue weighted by atomic mass is 10.1. The predicted octanol–water partition coefficient (Wildman–Crippen LogP) is 5.32. The van der Waals surface area contributed by atoms with Crippen LogP contribution < -0.4 is 0 Å². The molecule has 0 aliphatic carbocycles. The molecule has 0 fully saturated rings. The number of hydrogen-bond acceptors (Lipinski definition) is 3. The molecule has 130 valence electrons. The van der Waals surface area contributed by atoms with Crippen molar-refractivity contribution >= 4 is 28.6 Å². The van der Waals surface area contributed by atoms with Crippen molar-refractivity contribution < 1.29 is 4.79 Å². The summed E-state index contributed by atoms with van der Waals surface area (Å²) in [6.45, 7) is 3.60. The van der Waals surface area contributed by atoms with E-state index in [9.17, 15) is 4.79 Å². The lowest BCUT2D eigenvalue weighted by Gasteiger charge is -2.22. The standard InChI is InChI=1S/C21H23NOS2/c1-17-7-9-20(25-17)15-22(13-11-18-5-3-2-4-6-18)21(23)10-8-19-12-14-24-16-19/h2-7,9,12,14,16H,8,10-11,13,15H2,1H3. The average molecular weight is 370 g/mol. The summed E-state index contributed by atoms with van der Waals surface area (Å²) in [4.78, 5) is 17.4. The maximum absolute atomic E-state index is 12.8. The summed E-state index contributed by atoms with van der Waals surface area (Å²) in [6.07, 6.45) is 2.30. The van der Waals surface area contributed by atoms with Crippen molar-refractivity contribution in [2.75, 3.05) is 6.54 Å². The molecule has 0 aliphatic heterocycles. The normalized spacial score (nSPS) is 10.8. The van der Waals surface area contributed by atoms with Crippen LogP contribution in [0.5, 0.6) is 0 Å². The molecule has 25 heavy (non-hydrogen) atoms. The first-order valence-electron chi connectivity index (χ1n) is 8.59. The van der Waals surface area contributed by atoms with Crippen molar-refractivity contribution in [3.8, 4) is 0 Å². The van der Waals surface area contributed by atoms with Crippen LogP contribution in [0.3, 0.4) is 0 Å². The second-order valence-corrected chi connectivity index (χ2v) is 8.35. The van der Waals surface area contributed by atoms with Crippen molar-refractivity contribution in [2.45, 2.75) is 32.7 Å². The topological polar surface area (TPSA) is 20.3 Å². The summed E-state index contributed by atoms with van der Waals surface area (Å²) in [7, 11) is 0. The Morgan fingerprint density at radius 2 is 1.84 bits per heavy atom. The first-order chi connectivity index (χ1) is 12.2. The minimum Gasteiger partial charge on any atom is -0.337 e. The monoisotopic (exact) mass is 369 g/mol. The zero-order valence-electron chi connectivity index (χ0n) is 14.5. The Kier molecular flexibility index (Phi) is 6.42. The van der Waals surface area contributed by atoms with Gasteiger partial charge in [0.2, 0.25) is 5.91 Å². The highest BCUT2D eigenvalue weighted by molar-refractivity contribution is 7.11. The Hall–Kier alpha value is -1.91. The van der Waals surface area contributed by atoms with Crippen LogP contribution in [0.15, 0.2) is 59.3 Å². The molecule has 3 rings (SSSR count). The molecule has 0 N–H and O–H groups in total. The van der Waals surface area contributed by atoms with Gasteiger partial charge in [-0.25, -0.2) is 0 Å². The van der Waals surface area contributed by atoms with Crippen LogP contribution in [-0.4, -0.2) is 17.4 Å². The predicted molar refractivity (Wildman–Crippen MR) is 107 cm³/mol. The van der Waals surface area contributed by atoms with Crippen LogP contribution >= 0.6 is 22.7 Å². The SMILES string of the molecule is Cc1ccc(CN(CCc2ccccc2)C(=O)CCc2ccsc2)s1. The van der Waals surface area contributed by atoms with Crippen molar-refractivity contribution in [3.05, 3.63) is 80.2 Å². The fourth-order valence-corrected chi connectivity index (χ4v) is 4.41. The van der Waals surface area contributed by atoms with Crippen LogP contribution in [0.1, 0.15) is 27.3 Å². The Morgan fingerprint density at radius 1 is 1.00 bits per heavy atom. The largest absolute Gasteiger partial charge is 0.337 e. The van der Waals surface area contributed by atoms with Crippen LogP contribution in [0.25, 0.3) is 0 Å². The lowest BCUT2D eigenvalue weighted by Crippen LogP contribution is -2.32. The molecule has 0 saturated heterocycles. The molecule has 3 aromatic rings. The maximum Gasteiger partial charge on any atom is 0.223 e. The number of aryl methyl sites for hydroxylation is 2. The van der Waals surface area contributed by atoms with Crippen LogP contribution in [0.2, 0.25) is 0 Å². The van der Waals surface area contributed by atoms with E-state index in [1.54, 1.807) is 22.7 Å². The molecule has 4 heteroatoms.